The molecule has 0 unspecified atom stereocenters. The molecule has 0 saturated carbocycles. The minimum atomic E-state index is -0.834. The van der Waals surface area contributed by atoms with Crippen LogP contribution in [0.2, 0.25) is 0 Å². The molecule has 1 aromatic heterocycles. The summed E-state index contributed by atoms with van der Waals surface area (Å²) in [4.78, 5) is 14.4. The molecule has 0 aliphatic heterocycles. The Labute approximate surface area is 70.2 Å². The van der Waals surface area contributed by atoms with Gasteiger partial charge in [0, 0.05) is 6.42 Å². The lowest BCUT2D eigenvalue weighted by Crippen LogP contribution is -2.25. The number of aromatic nitrogens is 1. The first kappa shape index (κ1) is 8.77. The molecule has 0 amide bonds. The van der Waals surface area contributed by atoms with E-state index in [1.165, 1.54) is 12.6 Å². The summed E-state index contributed by atoms with van der Waals surface area (Å²) in [5.41, 5.74) is -0.792. The van der Waals surface area contributed by atoms with E-state index in [9.17, 15) is 4.79 Å². The van der Waals surface area contributed by atoms with Gasteiger partial charge < -0.3 is 9.52 Å². The van der Waals surface area contributed by atoms with Crippen LogP contribution in [0, 0.1) is 5.41 Å². The van der Waals surface area contributed by atoms with Crippen LogP contribution in [0.1, 0.15) is 19.6 Å². The summed E-state index contributed by atoms with van der Waals surface area (Å²) in [5.74, 6) is -0.235. The highest BCUT2D eigenvalue weighted by Crippen LogP contribution is 2.21. The highest BCUT2D eigenvalue weighted by Gasteiger charge is 2.28. The van der Waals surface area contributed by atoms with Gasteiger partial charge in [0.1, 0.15) is 5.76 Å². The Morgan fingerprint density at radius 1 is 1.75 bits per heavy atom. The number of carboxylic acids is 1. The molecule has 0 aliphatic carbocycles. The van der Waals surface area contributed by atoms with E-state index in [-0.39, 0.29) is 0 Å². The monoisotopic (exact) mass is 169 g/mol. The lowest BCUT2D eigenvalue weighted by molar-refractivity contribution is -0.147. The van der Waals surface area contributed by atoms with E-state index >= 15 is 0 Å². The molecule has 0 bridgehead atoms. The first-order valence-corrected chi connectivity index (χ1v) is 3.63. The molecule has 0 aromatic carbocycles. The first-order valence-electron chi connectivity index (χ1n) is 3.63. The summed E-state index contributed by atoms with van der Waals surface area (Å²) < 4.78 is 4.95. The molecule has 66 valence electrons. The molecule has 1 rings (SSSR count). The summed E-state index contributed by atoms with van der Waals surface area (Å²) in [5, 5.41) is 8.78. The Morgan fingerprint density at radius 3 is 2.83 bits per heavy atom. The Balaban J connectivity index is 2.69. The molecule has 0 spiro atoms. The number of carboxylic acid groups (broad SMARTS) is 1. The number of hydrogen-bond acceptors (Lipinski definition) is 3. The highest BCUT2D eigenvalue weighted by atomic mass is 16.4. The van der Waals surface area contributed by atoms with Crippen LogP contribution in [0.3, 0.4) is 0 Å². The Kier molecular flexibility index (Phi) is 2.17. The van der Waals surface area contributed by atoms with Gasteiger partial charge in [0.2, 0.25) is 0 Å². The van der Waals surface area contributed by atoms with Crippen molar-refractivity contribution in [2.24, 2.45) is 5.41 Å². The number of rotatable bonds is 3. The first-order chi connectivity index (χ1) is 5.52. The van der Waals surface area contributed by atoms with Gasteiger partial charge in [0.05, 0.1) is 11.6 Å². The molecule has 4 nitrogen and oxygen atoms in total. The maximum absolute atomic E-state index is 10.7. The third kappa shape index (κ3) is 1.84. The molecular formula is C8H11NO3. The minimum Gasteiger partial charge on any atom is -0.481 e. The standard InChI is InChI=1S/C8H11NO3/c1-8(2,7(10)11)3-6-4-9-5-12-6/h4-5H,3H2,1-2H3,(H,10,11). The van der Waals surface area contributed by atoms with Crippen molar-refractivity contribution in [3.8, 4) is 0 Å². The van der Waals surface area contributed by atoms with Crippen molar-refractivity contribution in [2.45, 2.75) is 20.3 Å². The maximum Gasteiger partial charge on any atom is 0.309 e. The van der Waals surface area contributed by atoms with E-state index in [4.69, 9.17) is 9.52 Å². The fraction of sp³-hybridized carbons (Fsp3) is 0.500. The SMILES string of the molecule is CC(C)(Cc1cnco1)C(=O)O. The summed E-state index contributed by atoms with van der Waals surface area (Å²) in [7, 11) is 0. The number of aliphatic carboxylic acids is 1. The average Bonchev–Trinajstić information content (AvgIpc) is 2.38. The molecule has 0 radical (unpaired) electrons. The highest BCUT2D eigenvalue weighted by molar-refractivity contribution is 5.73. The summed E-state index contributed by atoms with van der Waals surface area (Å²) in [6.07, 6.45) is 3.19. The van der Waals surface area contributed by atoms with Crippen LogP contribution in [-0.2, 0) is 11.2 Å². The molecular weight excluding hydrogens is 158 g/mol. The number of oxazole rings is 1. The quantitative estimate of drug-likeness (QED) is 0.741. The second kappa shape index (κ2) is 2.97. The maximum atomic E-state index is 10.7. The Hall–Kier alpha value is -1.32. The van der Waals surface area contributed by atoms with E-state index in [1.807, 2.05) is 0 Å². The largest absolute Gasteiger partial charge is 0.481 e. The van der Waals surface area contributed by atoms with E-state index in [1.54, 1.807) is 13.8 Å². The molecule has 4 heteroatoms. The van der Waals surface area contributed by atoms with Gasteiger partial charge >= 0.3 is 5.97 Å². The average molecular weight is 169 g/mol. The lowest BCUT2D eigenvalue weighted by atomic mass is 9.89. The van der Waals surface area contributed by atoms with Gasteiger partial charge in [-0.1, -0.05) is 0 Å². The second-order valence-corrected chi connectivity index (χ2v) is 3.33. The van der Waals surface area contributed by atoms with Crippen LogP contribution in [0.15, 0.2) is 17.0 Å². The molecule has 12 heavy (non-hydrogen) atoms. The normalized spacial score (nSPS) is 11.5. The number of nitrogens with zero attached hydrogens (tertiary/aromatic N) is 1. The molecule has 1 N–H and O–H groups in total. The van der Waals surface area contributed by atoms with Crippen LogP contribution in [0.25, 0.3) is 0 Å². The zero-order valence-corrected chi connectivity index (χ0v) is 7.07. The van der Waals surface area contributed by atoms with E-state index in [0.29, 0.717) is 12.2 Å². The van der Waals surface area contributed by atoms with Crippen molar-refractivity contribution >= 4 is 5.97 Å². The van der Waals surface area contributed by atoms with Crippen molar-refractivity contribution < 1.29 is 14.3 Å². The summed E-state index contributed by atoms with van der Waals surface area (Å²) >= 11 is 0. The predicted molar refractivity (Wildman–Crippen MR) is 41.6 cm³/mol. The molecule has 0 saturated heterocycles. The van der Waals surface area contributed by atoms with E-state index in [0.717, 1.165) is 0 Å². The predicted octanol–water partition coefficient (Wildman–Crippen LogP) is 1.33. The molecule has 0 atom stereocenters. The van der Waals surface area contributed by atoms with Crippen molar-refractivity contribution in [3.63, 3.8) is 0 Å². The van der Waals surface area contributed by atoms with Crippen LogP contribution < -0.4 is 0 Å². The minimum absolute atomic E-state index is 0.363. The zero-order valence-electron chi connectivity index (χ0n) is 7.07. The van der Waals surface area contributed by atoms with Gasteiger partial charge in [-0.2, -0.15) is 0 Å². The topological polar surface area (TPSA) is 63.3 Å². The zero-order chi connectivity index (χ0) is 9.19. The van der Waals surface area contributed by atoms with E-state index in [2.05, 4.69) is 4.98 Å². The van der Waals surface area contributed by atoms with Gasteiger partial charge in [-0.25, -0.2) is 4.98 Å². The molecule has 1 aromatic rings. The Morgan fingerprint density at radius 2 is 2.42 bits per heavy atom. The van der Waals surface area contributed by atoms with Crippen LogP contribution >= 0.6 is 0 Å². The summed E-state index contributed by atoms with van der Waals surface area (Å²) in [6, 6.07) is 0. The van der Waals surface area contributed by atoms with Gasteiger partial charge in [0.15, 0.2) is 6.39 Å². The fourth-order valence-corrected chi connectivity index (χ4v) is 0.841. The molecule has 0 aliphatic rings. The van der Waals surface area contributed by atoms with Gasteiger partial charge in [-0.05, 0) is 13.8 Å². The van der Waals surface area contributed by atoms with Gasteiger partial charge in [-0.3, -0.25) is 4.79 Å². The summed E-state index contributed by atoms with van der Waals surface area (Å²) in [6.45, 7) is 3.30. The van der Waals surface area contributed by atoms with Gasteiger partial charge in [0.25, 0.3) is 0 Å². The van der Waals surface area contributed by atoms with Gasteiger partial charge in [-0.15, -0.1) is 0 Å². The van der Waals surface area contributed by atoms with Crippen LogP contribution in [0.5, 0.6) is 0 Å². The van der Waals surface area contributed by atoms with Crippen LogP contribution in [0.4, 0.5) is 0 Å². The lowest BCUT2D eigenvalue weighted by Gasteiger charge is -2.16. The van der Waals surface area contributed by atoms with Crippen molar-refractivity contribution in [2.75, 3.05) is 0 Å². The Bertz CT molecular complexity index is 264. The van der Waals surface area contributed by atoms with Crippen LogP contribution in [-0.4, -0.2) is 16.1 Å². The van der Waals surface area contributed by atoms with Crippen molar-refractivity contribution in [1.82, 2.24) is 4.98 Å². The third-order valence-electron chi connectivity index (χ3n) is 1.68. The van der Waals surface area contributed by atoms with Crippen molar-refractivity contribution in [3.05, 3.63) is 18.4 Å². The fourth-order valence-electron chi connectivity index (χ4n) is 0.841. The number of carbonyl (C=O) groups is 1. The second-order valence-electron chi connectivity index (χ2n) is 3.33. The van der Waals surface area contributed by atoms with Crippen molar-refractivity contribution in [1.29, 1.82) is 0 Å². The van der Waals surface area contributed by atoms with E-state index < -0.39 is 11.4 Å². The smallest absolute Gasteiger partial charge is 0.309 e. The number of hydrogen-bond donors (Lipinski definition) is 1. The molecule has 0 fully saturated rings. The third-order valence-corrected chi connectivity index (χ3v) is 1.68. The molecule has 1 heterocycles.